The Morgan fingerprint density at radius 2 is 1.96 bits per heavy atom. The molecular formula is C17H28N4O5S. The van der Waals surface area contributed by atoms with Gasteiger partial charge in [0.15, 0.2) is 9.84 Å². The van der Waals surface area contributed by atoms with Gasteiger partial charge in [-0.25, -0.2) is 13.4 Å². The van der Waals surface area contributed by atoms with E-state index >= 15 is 0 Å². The highest BCUT2D eigenvalue weighted by atomic mass is 32.2. The van der Waals surface area contributed by atoms with Gasteiger partial charge in [0.1, 0.15) is 5.71 Å². The molecule has 27 heavy (non-hydrogen) atoms. The molecule has 1 saturated heterocycles. The minimum absolute atomic E-state index is 0.0221. The molecule has 0 saturated carbocycles. The van der Waals surface area contributed by atoms with Crippen LogP contribution in [0, 0.1) is 0 Å². The topological polar surface area (TPSA) is 116 Å². The van der Waals surface area contributed by atoms with Gasteiger partial charge in [-0.05, 0) is 34.1 Å². The fraction of sp³-hybridized carbons (Fsp3) is 0.765. The molecule has 0 radical (unpaired) electrons. The summed E-state index contributed by atoms with van der Waals surface area (Å²) in [6.07, 6.45) is 0.614. The number of sulfone groups is 1. The third-order valence-corrected chi connectivity index (χ3v) is 6.13. The Kier molecular flexibility index (Phi) is 6.28. The van der Waals surface area contributed by atoms with Crippen molar-refractivity contribution in [2.45, 2.75) is 58.5 Å². The molecule has 3 amide bonds. The van der Waals surface area contributed by atoms with Crippen LogP contribution in [-0.2, 0) is 24.2 Å². The lowest BCUT2D eigenvalue weighted by Gasteiger charge is -2.30. The molecule has 0 aromatic rings. The van der Waals surface area contributed by atoms with E-state index in [-0.39, 0.29) is 48.4 Å². The molecule has 2 aliphatic rings. The number of likely N-dealkylation sites (N-methyl/N-ethyl adjacent to an activating group) is 1. The van der Waals surface area contributed by atoms with Gasteiger partial charge in [-0.2, -0.15) is 5.10 Å². The summed E-state index contributed by atoms with van der Waals surface area (Å²) in [6.45, 7) is 7.55. The first kappa shape index (κ1) is 21.3. The van der Waals surface area contributed by atoms with Crippen molar-refractivity contribution in [3.05, 3.63) is 0 Å². The molecule has 9 nitrogen and oxygen atoms in total. The number of nitrogens with one attached hydrogen (secondary N) is 1. The van der Waals surface area contributed by atoms with E-state index in [9.17, 15) is 22.8 Å². The normalized spacial score (nSPS) is 22.4. The first-order chi connectivity index (χ1) is 12.4. The van der Waals surface area contributed by atoms with Crippen LogP contribution in [0.1, 0.15) is 47.0 Å². The molecule has 1 N–H and O–H groups in total. The standard InChI is InChI=1S/C17H28N4O5S/c1-5-20(10-14(22)18-17(2,3)4)16(24)13-6-7-15(23)21(19-13)12-8-9-27(25,26)11-12/h12H,5-11H2,1-4H3,(H,18,22). The van der Waals surface area contributed by atoms with Gasteiger partial charge in [0.25, 0.3) is 5.91 Å². The second-order valence-electron chi connectivity index (χ2n) is 7.96. The van der Waals surface area contributed by atoms with E-state index in [4.69, 9.17) is 0 Å². The van der Waals surface area contributed by atoms with Crippen molar-refractivity contribution in [3.8, 4) is 0 Å². The molecule has 0 spiro atoms. The van der Waals surface area contributed by atoms with Gasteiger partial charge >= 0.3 is 0 Å². The van der Waals surface area contributed by atoms with Crippen molar-refractivity contribution < 1.29 is 22.8 Å². The van der Waals surface area contributed by atoms with E-state index in [1.54, 1.807) is 6.92 Å². The van der Waals surface area contributed by atoms with Gasteiger partial charge in [0.2, 0.25) is 11.8 Å². The van der Waals surface area contributed by atoms with Crippen LogP contribution in [0.3, 0.4) is 0 Å². The number of hydrogen-bond donors (Lipinski definition) is 1. The van der Waals surface area contributed by atoms with E-state index < -0.39 is 27.3 Å². The number of hydrogen-bond acceptors (Lipinski definition) is 6. The Hall–Kier alpha value is -1.97. The summed E-state index contributed by atoms with van der Waals surface area (Å²) < 4.78 is 23.4. The van der Waals surface area contributed by atoms with Crippen molar-refractivity contribution in [1.29, 1.82) is 0 Å². The lowest BCUT2D eigenvalue weighted by Crippen LogP contribution is -2.50. The Bertz CT molecular complexity index is 754. The summed E-state index contributed by atoms with van der Waals surface area (Å²) in [7, 11) is -3.17. The zero-order valence-electron chi connectivity index (χ0n) is 16.3. The fourth-order valence-corrected chi connectivity index (χ4v) is 4.81. The van der Waals surface area contributed by atoms with Crippen LogP contribution in [0.15, 0.2) is 5.10 Å². The predicted molar refractivity (Wildman–Crippen MR) is 101 cm³/mol. The van der Waals surface area contributed by atoms with E-state index in [0.717, 1.165) is 5.01 Å². The molecule has 2 aliphatic heterocycles. The average Bonchev–Trinajstić information content (AvgIpc) is 2.90. The number of amides is 3. The molecule has 2 heterocycles. The van der Waals surface area contributed by atoms with Gasteiger partial charge in [-0.15, -0.1) is 0 Å². The minimum Gasteiger partial charge on any atom is -0.350 e. The summed E-state index contributed by atoms with van der Waals surface area (Å²) in [5.74, 6) is -1.06. The van der Waals surface area contributed by atoms with Crippen molar-refractivity contribution in [2.24, 2.45) is 5.10 Å². The first-order valence-electron chi connectivity index (χ1n) is 9.12. The van der Waals surface area contributed by atoms with Gasteiger partial charge in [0, 0.05) is 24.9 Å². The third-order valence-electron chi connectivity index (χ3n) is 4.38. The summed E-state index contributed by atoms with van der Waals surface area (Å²) in [5.41, 5.74) is -0.219. The molecule has 152 valence electrons. The van der Waals surface area contributed by atoms with Crippen LogP contribution in [0.2, 0.25) is 0 Å². The van der Waals surface area contributed by atoms with E-state index in [1.165, 1.54) is 4.90 Å². The average molecular weight is 401 g/mol. The molecule has 0 aromatic heterocycles. The second-order valence-corrected chi connectivity index (χ2v) is 10.2. The maximum absolute atomic E-state index is 12.8. The molecule has 0 aromatic carbocycles. The maximum Gasteiger partial charge on any atom is 0.270 e. The third kappa shape index (κ3) is 5.75. The second kappa shape index (κ2) is 7.95. The highest BCUT2D eigenvalue weighted by Crippen LogP contribution is 2.22. The van der Waals surface area contributed by atoms with Gasteiger partial charge in [0.05, 0.1) is 24.1 Å². The fourth-order valence-electron chi connectivity index (χ4n) is 3.12. The van der Waals surface area contributed by atoms with Crippen molar-refractivity contribution >= 4 is 33.3 Å². The summed E-state index contributed by atoms with van der Waals surface area (Å²) >= 11 is 0. The molecule has 2 rings (SSSR count). The summed E-state index contributed by atoms with van der Waals surface area (Å²) in [4.78, 5) is 38.5. The number of hydrazone groups is 1. The molecule has 0 bridgehead atoms. The van der Waals surface area contributed by atoms with Gasteiger partial charge < -0.3 is 10.2 Å². The summed E-state index contributed by atoms with van der Waals surface area (Å²) in [6, 6.07) is -0.523. The monoisotopic (exact) mass is 400 g/mol. The molecule has 1 unspecified atom stereocenters. The zero-order valence-corrected chi connectivity index (χ0v) is 17.1. The Labute approximate surface area is 160 Å². The van der Waals surface area contributed by atoms with E-state index in [0.29, 0.717) is 13.0 Å². The molecule has 1 atom stereocenters. The number of nitrogens with zero attached hydrogens (tertiary/aromatic N) is 3. The zero-order chi connectivity index (χ0) is 20.4. The van der Waals surface area contributed by atoms with Crippen LogP contribution >= 0.6 is 0 Å². The highest BCUT2D eigenvalue weighted by Gasteiger charge is 2.38. The molecule has 1 fully saturated rings. The van der Waals surface area contributed by atoms with Crippen LogP contribution in [0.4, 0.5) is 0 Å². The number of carbonyl (C=O) groups excluding carboxylic acids is 3. The quantitative estimate of drug-likeness (QED) is 0.693. The Balaban J connectivity index is 2.12. The number of rotatable bonds is 5. The molecule has 0 aliphatic carbocycles. The number of carbonyl (C=O) groups is 3. The van der Waals surface area contributed by atoms with Crippen molar-refractivity contribution in [1.82, 2.24) is 15.2 Å². The van der Waals surface area contributed by atoms with Gasteiger partial charge in [-0.3, -0.25) is 14.4 Å². The minimum atomic E-state index is -3.17. The van der Waals surface area contributed by atoms with Crippen LogP contribution in [0.25, 0.3) is 0 Å². The highest BCUT2D eigenvalue weighted by molar-refractivity contribution is 7.91. The predicted octanol–water partition coefficient (Wildman–Crippen LogP) is -0.0849. The summed E-state index contributed by atoms with van der Waals surface area (Å²) in [5, 5.41) is 8.14. The van der Waals surface area contributed by atoms with Crippen LogP contribution in [-0.4, -0.2) is 77.9 Å². The van der Waals surface area contributed by atoms with Crippen molar-refractivity contribution in [2.75, 3.05) is 24.6 Å². The molecular weight excluding hydrogens is 372 g/mol. The first-order valence-corrected chi connectivity index (χ1v) is 10.9. The smallest absolute Gasteiger partial charge is 0.270 e. The Morgan fingerprint density at radius 1 is 1.30 bits per heavy atom. The van der Waals surface area contributed by atoms with Gasteiger partial charge in [-0.1, -0.05) is 0 Å². The SMILES string of the molecule is CCN(CC(=O)NC(C)(C)C)C(=O)C1=NN(C2CCS(=O)(=O)C2)C(=O)CC1. The largest absolute Gasteiger partial charge is 0.350 e. The Morgan fingerprint density at radius 3 is 2.48 bits per heavy atom. The van der Waals surface area contributed by atoms with Crippen molar-refractivity contribution in [3.63, 3.8) is 0 Å². The van der Waals surface area contributed by atoms with E-state index in [2.05, 4.69) is 10.4 Å². The maximum atomic E-state index is 12.8. The van der Waals surface area contributed by atoms with Crippen LogP contribution in [0.5, 0.6) is 0 Å². The lowest BCUT2D eigenvalue weighted by atomic mass is 10.1. The lowest BCUT2D eigenvalue weighted by molar-refractivity contribution is -0.135. The van der Waals surface area contributed by atoms with E-state index in [1.807, 2.05) is 20.8 Å². The van der Waals surface area contributed by atoms with Crippen LogP contribution < -0.4 is 5.32 Å². The molecule has 10 heteroatoms.